The van der Waals surface area contributed by atoms with Crippen LogP contribution in [-0.2, 0) is 0 Å². The quantitative estimate of drug-likeness (QED) is 0.624. The van der Waals surface area contributed by atoms with Crippen molar-refractivity contribution in [3.63, 3.8) is 0 Å². The Hall–Kier alpha value is -0.850. The first-order valence-corrected chi connectivity index (χ1v) is 10.8. The lowest BCUT2D eigenvalue weighted by atomic mass is 10.0. The van der Waals surface area contributed by atoms with Gasteiger partial charge in [0.25, 0.3) is 0 Å². The van der Waals surface area contributed by atoms with Crippen LogP contribution < -0.4 is 5.32 Å². The highest BCUT2D eigenvalue weighted by Gasteiger charge is 2.28. The number of hydrogen-bond acceptors (Lipinski definition) is 4. The van der Waals surface area contributed by atoms with E-state index in [1.165, 1.54) is 28.3 Å². The molecular formula is C17H23N3S3. The highest BCUT2D eigenvalue weighted by Crippen LogP contribution is 2.35. The lowest BCUT2D eigenvalue weighted by molar-refractivity contribution is 0.242. The number of aromatic nitrogens is 1. The smallest absolute Gasteiger partial charge is 0.169 e. The van der Waals surface area contributed by atoms with Gasteiger partial charge < -0.3 is 10.2 Å². The average Bonchev–Trinajstić information content (AvgIpc) is 3.02. The Kier molecular flexibility index (Phi) is 6.14. The SMILES string of the molecule is CSCCCNC(=S)N1CCCC[C@H]1c1nc2ccccc2s1. The van der Waals surface area contributed by atoms with Crippen LogP contribution in [0.5, 0.6) is 0 Å². The molecule has 1 atom stereocenters. The molecule has 3 nitrogen and oxygen atoms in total. The van der Waals surface area contributed by atoms with Gasteiger partial charge in [0.15, 0.2) is 5.11 Å². The maximum Gasteiger partial charge on any atom is 0.169 e. The highest BCUT2D eigenvalue weighted by molar-refractivity contribution is 7.98. The van der Waals surface area contributed by atoms with Crippen LogP contribution in [0.4, 0.5) is 0 Å². The van der Waals surface area contributed by atoms with Gasteiger partial charge in [0.2, 0.25) is 0 Å². The Labute approximate surface area is 151 Å². The molecule has 2 heterocycles. The number of thioether (sulfide) groups is 1. The number of thiazole rings is 1. The molecule has 1 aliphatic heterocycles. The first-order chi connectivity index (χ1) is 11.3. The van der Waals surface area contributed by atoms with Crippen molar-refractivity contribution in [2.24, 2.45) is 0 Å². The molecule has 0 aliphatic carbocycles. The zero-order valence-corrected chi connectivity index (χ0v) is 15.9. The van der Waals surface area contributed by atoms with Crippen molar-refractivity contribution in [3.05, 3.63) is 29.3 Å². The van der Waals surface area contributed by atoms with Gasteiger partial charge in [0.1, 0.15) is 5.01 Å². The summed E-state index contributed by atoms with van der Waals surface area (Å²) in [6.45, 7) is 2.00. The summed E-state index contributed by atoms with van der Waals surface area (Å²) in [4.78, 5) is 7.22. The van der Waals surface area contributed by atoms with Gasteiger partial charge in [0, 0.05) is 13.1 Å². The van der Waals surface area contributed by atoms with Crippen molar-refractivity contribution in [2.75, 3.05) is 25.1 Å². The van der Waals surface area contributed by atoms with Crippen molar-refractivity contribution < 1.29 is 0 Å². The summed E-state index contributed by atoms with van der Waals surface area (Å²) in [6, 6.07) is 8.73. The fourth-order valence-corrected chi connectivity index (χ4v) is 4.85. The molecule has 1 saturated heterocycles. The number of hydrogen-bond donors (Lipinski definition) is 1. The maximum atomic E-state index is 5.67. The molecule has 0 unspecified atom stereocenters. The number of para-hydroxylation sites is 1. The van der Waals surface area contributed by atoms with E-state index in [9.17, 15) is 0 Å². The van der Waals surface area contributed by atoms with E-state index in [2.05, 4.69) is 40.7 Å². The first-order valence-electron chi connectivity index (χ1n) is 8.18. The normalized spacial score (nSPS) is 18.3. The fraction of sp³-hybridized carbons (Fsp3) is 0.529. The minimum absolute atomic E-state index is 0.335. The Balaban J connectivity index is 1.71. The van der Waals surface area contributed by atoms with Gasteiger partial charge in [0.05, 0.1) is 16.3 Å². The number of thiocarbonyl (C=S) groups is 1. The fourth-order valence-electron chi connectivity index (χ4n) is 2.98. The lowest BCUT2D eigenvalue weighted by Gasteiger charge is -2.36. The molecule has 2 aromatic rings. The highest BCUT2D eigenvalue weighted by atomic mass is 32.2. The van der Waals surface area contributed by atoms with Crippen molar-refractivity contribution in [1.82, 2.24) is 15.2 Å². The topological polar surface area (TPSA) is 28.2 Å². The van der Waals surface area contributed by atoms with Crippen molar-refractivity contribution in [1.29, 1.82) is 0 Å². The first kappa shape index (κ1) is 17.0. The molecule has 0 radical (unpaired) electrons. The summed E-state index contributed by atoms with van der Waals surface area (Å²) in [7, 11) is 0. The lowest BCUT2D eigenvalue weighted by Crippen LogP contribution is -2.44. The standard InChI is InChI=1S/C17H23N3S3/c1-22-12-6-10-18-17(21)20-11-5-4-8-14(20)16-19-13-7-2-3-9-15(13)23-16/h2-3,7,9,14H,4-6,8,10-12H2,1H3,(H,18,21)/t14-/m0/s1. The molecule has 0 bridgehead atoms. The minimum atomic E-state index is 0.335. The van der Waals surface area contributed by atoms with Gasteiger partial charge in [-0.1, -0.05) is 12.1 Å². The van der Waals surface area contributed by atoms with Crippen LogP contribution >= 0.6 is 35.3 Å². The zero-order valence-electron chi connectivity index (χ0n) is 13.5. The number of fused-ring (bicyclic) bond motifs is 1. The average molecular weight is 366 g/mol. The molecule has 1 aliphatic rings. The predicted molar refractivity (Wildman–Crippen MR) is 107 cm³/mol. The van der Waals surface area contributed by atoms with Gasteiger partial charge in [-0.25, -0.2) is 4.98 Å². The molecule has 1 fully saturated rings. The minimum Gasteiger partial charge on any atom is -0.363 e. The molecule has 1 aromatic heterocycles. The molecule has 0 spiro atoms. The molecular weight excluding hydrogens is 342 g/mol. The predicted octanol–water partition coefficient (Wildman–Crippen LogP) is 4.45. The third-order valence-corrected chi connectivity index (χ3v) is 6.37. The van der Waals surface area contributed by atoms with Crippen LogP contribution in [-0.4, -0.2) is 40.1 Å². The second kappa shape index (κ2) is 8.31. The van der Waals surface area contributed by atoms with Crippen molar-refractivity contribution in [3.8, 4) is 0 Å². The van der Waals surface area contributed by atoms with Gasteiger partial charge in [-0.05, 0) is 62.0 Å². The largest absolute Gasteiger partial charge is 0.363 e. The van der Waals surface area contributed by atoms with E-state index in [4.69, 9.17) is 17.2 Å². The summed E-state index contributed by atoms with van der Waals surface area (Å²) < 4.78 is 1.27. The van der Waals surface area contributed by atoms with Crippen LogP contribution in [0, 0.1) is 0 Å². The number of piperidine rings is 1. The summed E-state index contributed by atoms with van der Waals surface area (Å²) in [6.07, 6.45) is 6.92. The van der Waals surface area contributed by atoms with Crippen LogP contribution in [0.1, 0.15) is 36.7 Å². The van der Waals surface area contributed by atoms with Crippen molar-refractivity contribution in [2.45, 2.75) is 31.7 Å². The van der Waals surface area contributed by atoms with E-state index < -0.39 is 0 Å². The van der Waals surface area contributed by atoms with Crippen molar-refractivity contribution >= 4 is 50.6 Å². The number of likely N-dealkylation sites (tertiary alicyclic amines) is 1. The van der Waals surface area contributed by atoms with Gasteiger partial charge in [-0.3, -0.25) is 0 Å². The molecule has 0 saturated carbocycles. The summed E-state index contributed by atoms with van der Waals surface area (Å²) in [5.74, 6) is 1.18. The van der Waals surface area contributed by atoms with Crippen LogP contribution in [0.25, 0.3) is 10.2 Å². The Morgan fingerprint density at radius 3 is 3.13 bits per heavy atom. The number of benzene rings is 1. The third-order valence-electron chi connectivity index (χ3n) is 4.16. The summed E-state index contributed by atoms with van der Waals surface area (Å²) in [5.41, 5.74) is 1.11. The Bertz CT molecular complexity index is 622. The third kappa shape index (κ3) is 4.17. The van der Waals surface area contributed by atoms with Gasteiger partial charge >= 0.3 is 0 Å². The number of nitrogens with one attached hydrogen (secondary N) is 1. The molecule has 23 heavy (non-hydrogen) atoms. The van der Waals surface area contributed by atoms with E-state index in [0.717, 1.165) is 36.6 Å². The van der Waals surface area contributed by atoms with E-state index in [-0.39, 0.29) is 0 Å². The van der Waals surface area contributed by atoms with E-state index in [0.29, 0.717) is 6.04 Å². The number of nitrogens with zero attached hydrogens (tertiary/aromatic N) is 2. The Morgan fingerprint density at radius 1 is 1.43 bits per heavy atom. The van der Waals surface area contributed by atoms with Crippen LogP contribution in [0.2, 0.25) is 0 Å². The van der Waals surface area contributed by atoms with E-state index >= 15 is 0 Å². The zero-order chi connectivity index (χ0) is 16.1. The molecule has 1 aromatic carbocycles. The molecule has 3 rings (SSSR count). The van der Waals surface area contributed by atoms with Crippen LogP contribution in [0.3, 0.4) is 0 Å². The molecule has 0 amide bonds. The molecule has 124 valence electrons. The Morgan fingerprint density at radius 2 is 2.30 bits per heavy atom. The van der Waals surface area contributed by atoms with Gasteiger partial charge in [-0.2, -0.15) is 11.8 Å². The second-order valence-electron chi connectivity index (χ2n) is 5.80. The molecule has 1 N–H and O–H groups in total. The molecule has 6 heteroatoms. The maximum absolute atomic E-state index is 5.67. The van der Waals surface area contributed by atoms with Crippen LogP contribution in [0.15, 0.2) is 24.3 Å². The monoisotopic (exact) mass is 365 g/mol. The second-order valence-corrected chi connectivity index (χ2v) is 8.24. The van der Waals surface area contributed by atoms with E-state index in [1.807, 2.05) is 23.1 Å². The van der Waals surface area contributed by atoms with E-state index in [1.54, 1.807) is 0 Å². The van der Waals surface area contributed by atoms with Gasteiger partial charge in [-0.15, -0.1) is 11.3 Å². The number of rotatable bonds is 5. The summed E-state index contributed by atoms with van der Waals surface area (Å²) >= 11 is 9.36. The summed E-state index contributed by atoms with van der Waals surface area (Å²) in [5, 5.41) is 5.55.